The van der Waals surface area contributed by atoms with Crippen LogP contribution in [-0.4, -0.2) is 40.3 Å². The van der Waals surface area contributed by atoms with E-state index >= 15 is 0 Å². The summed E-state index contributed by atoms with van der Waals surface area (Å²) in [5, 5.41) is 7.05. The van der Waals surface area contributed by atoms with Crippen LogP contribution in [0.2, 0.25) is 0 Å². The van der Waals surface area contributed by atoms with E-state index in [0.717, 1.165) is 37.3 Å². The zero-order valence-electron chi connectivity index (χ0n) is 14.1. The first-order chi connectivity index (χ1) is 11.1. The summed E-state index contributed by atoms with van der Waals surface area (Å²) in [7, 11) is 1.84. The second-order valence-electron chi connectivity index (χ2n) is 5.77. The third-order valence-electron chi connectivity index (χ3n) is 3.64. The van der Waals surface area contributed by atoms with Crippen LogP contribution in [0.1, 0.15) is 41.5 Å². The van der Waals surface area contributed by atoms with Gasteiger partial charge < -0.3 is 4.90 Å². The Morgan fingerprint density at radius 1 is 1.30 bits per heavy atom. The van der Waals surface area contributed by atoms with Crippen molar-refractivity contribution in [3.63, 3.8) is 0 Å². The van der Waals surface area contributed by atoms with Crippen LogP contribution in [-0.2, 0) is 6.42 Å². The number of carbonyl (C=O) groups excluding carboxylic acids is 1. The molecule has 0 radical (unpaired) electrons. The van der Waals surface area contributed by atoms with Crippen LogP contribution >= 0.6 is 11.8 Å². The summed E-state index contributed by atoms with van der Waals surface area (Å²) in [4.78, 5) is 15.3. The van der Waals surface area contributed by atoms with Gasteiger partial charge in [0.1, 0.15) is 5.69 Å². The van der Waals surface area contributed by atoms with Crippen molar-refractivity contribution in [2.45, 2.75) is 38.0 Å². The number of H-pyrrole nitrogens is 1. The molecule has 0 aliphatic heterocycles. The number of nitrogens with zero attached hydrogens (tertiary/aromatic N) is 2. The Hall–Kier alpha value is -1.75. The van der Waals surface area contributed by atoms with E-state index in [1.54, 1.807) is 4.90 Å². The highest BCUT2D eigenvalue weighted by Crippen LogP contribution is 2.19. The fraction of sp³-hybridized carbons (Fsp3) is 0.444. The normalized spacial score (nSPS) is 10.7. The van der Waals surface area contributed by atoms with E-state index in [1.807, 2.05) is 24.9 Å². The zero-order valence-corrected chi connectivity index (χ0v) is 14.9. The van der Waals surface area contributed by atoms with Crippen LogP contribution in [0.25, 0.3) is 0 Å². The van der Waals surface area contributed by atoms with Crippen molar-refractivity contribution in [2.24, 2.45) is 0 Å². The Kier molecular flexibility index (Phi) is 6.71. The molecule has 1 heterocycles. The number of thioether (sulfide) groups is 1. The monoisotopic (exact) mass is 331 g/mol. The summed E-state index contributed by atoms with van der Waals surface area (Å²) < 4.78 is 0. The van der Waals surface area contributed by atoms with Gasteiger partial charge in [-0.15, -0.1) is 11.8 Å². The molecular weight excluding hydrogens is 306 g/mol. The number of aryl methyl sites for hydroxylation is 2. The molecule has 23 heavy (non-hydrogen) atoms. The lowest BCUT2D eigenvalue weighted by molar-refractivity contribution is 0.0789. The number of carbonyl (C=O) groups is 1. The summed E-state index contributed by atoms with van der Waals surface area (Å²) in [5.74, 6) is 0.992. The lowest BCUT2D eigenvalue weighted by atomic mass is 10.2. The smallest absolute Gasteiger partial charge is 0.274 e. The van der Waals surface area contributed by atoms with Gasteiger partial charge in [-0.25, -0.2) is 0 Å². The Bertz CT molecular complexity index is 621. The lowest BCUT2D eigenvalue weighted by Crippen LogP contribution is -2.28. The van der Waals surface area contributed by atoms with E-state index in [0.29, 0.717) is 5.69 Å². The molecule has 2 rings (SSSR count). The number of hydrogen-bond acceptors (Lipinski definition) is 3. The molecular formula is C18H25N3OS. The number of nitrogens with one attached hydrogen (secondary N) is 1. The molecule has 0 atom stereocenters. The van der Waals surface area contributed by atoms with Crippen molar-refractivity contribution in [3.8, 4) is 0 Å². The van der Waals surface area contributed by atoms with E-state index in [9.17, 15) is 4.79 Å². The molecule has 0 saturated heterocycles. The summed E-state index contributed by atoms with van der Waals surface area (Å²) in [5.41, 5.74) is 2.82. The molecule has 1 amide bonds. The number of amides is 1. The maximum Gasteiger partial charge on any atom is 0.274 e. The largest absolute Gasteiger partial charge is 0.340 e. The maximum atomic E-state index is 12.3. The molecule has 0 spiro atoms. The molecule has 0 aliphatic carbocycles. The van der Waals surface area contributed by atoms with Crippen LogP contribution in [0.3, 0.4) is 0 Å². The van der Waals surface area contributed by atoms with E-state index in [2.05, 4.69) is 48.3 Å². The molecule has 1 aromatic carbocycles. The molecule has 5 heteroatoms. The average Bonchev–Trinajstić information content (AvgIpc) is 3.01. The van der Waals surface area contributed by atoms with E-state index in [4.69, 9.17) is 0 Å². The zero-order chi connectivity index (χ0) is 16.7. The summed E-state index contributed by atoms with van der Waals surface area (Å²) in [6, 6.07) is 10.4. The molecule has 0 bridgehead atoms. The predicted octanol–water partition coefficient (Wildman–Crippen LogP) is 3.93. The average molecular weight is 331 g/mol. The maximum absolute atomic E-state index is 12.3. The first-order valence-electron chi connectivity index (χ1n) is 8.09. The molecule has 2 aromatic rings. The first kappa shape index (κ1) is 17.6. The quantitative estimate of drug-likeness (QED) is 0.589. The van der Waals surface area contributed by atoms with Gasteiger partial charge in [-0.3, -0.25) is 9.89 Å². The van der Waals surface area contributed by atoms with Crippen molar-refractivity contribution >= 4 is 17.7 Å². The van der Waals surface area contributed by atoms with Gasteiger partial charge in [-0.1, -0.05) is 31.0 Å². The van der Waals surface area contributed by atoms with Crippen LogP contribution < -0.4 is 0 Å². The van der Waals surface area contributed by atoms with Gasteiger partial charge in [0.2, 0.25) is 0 Å². The molecule has 1 aromatic heterocycles. The second kappa shape index (κ2) is 8.77. The molecule has 0 fully saturated rings. The van der Waals surface area contributed by atoms with Crippen molar-refractivity contribution < 1.29 is 4.79 Å². The molecule has 0 unspecified atom stereocenters. The fourth-order valence-corrected chi connectivity index (χ4v) is 3.13. The topological polar surface area (TPSA) is 49.0 Å². The van der Waals surface area contributed by atoms with Crippen LogP contribution in [0.5, 0.6) is 0 Å². The summed E-state index contributed by atoms with van der Waals surface area (Å²) in [6.45, 7) is 4.95. The van der Waals surface area contributed by atoms with Crippen LogP contribution in [0.15, 0.2) is 35.2 Å². The van der Waals surface area contributed by atoms with Crippen molar-refractivity contribution in [3.05, 3.63) is 47.3 Å². The van der Waals surface area contributed by atoms with Gasteiger partial charge in [0.25, 0.3) is 5.91 Å². The van der Waals surface area contributed by atoms with E-state index < -0.39 is 0 Å². The van der Waals surface area contributed by atoms with Crippen molar-refractivity contribution in [1.29, 1.82) is 0 Å². The van der Waals surface area contributed by atoms with Crippen molar-refractivity contribution in [1.82, 2.24) is 15.1 Å². The Morgan fingerprint density at radius 3 is 2.74 bits per heavy atom. The summed E-state index contributed by atoms with van der Waals surface area (Å²) >= 11 is 1.83. The molecule has 0 saturated carbocycles. The number of hydrogen-bond donors (Lipinski definition) is 1. The predicted molar refractivity (Wildman–Crippen MR) is 96.1 cm³/mol. The number of aromatic nitrogens is 2. The third kappa shape index (κ3) is 5.43. The number of benzene rings is 1. The van der Waals surface area contributed by atoms with E-state index in [1.165, 1.54) is 10.5 Å². The Labute approximate surface area is 142 Å². The standard InChI is InChI=1S/C18H25N3OS/c1-4-6-15-13-17(20-19-15)18(22)21(3)11-5-12-23-16-9-7-14(2)8-10-16/h7-10,13H,4-6,11-12H2,1-3H3,(H,19,20). The van der Waals surface area contributed by atoms with Crippen LogP contribution in [0, 0.1) is 6.92 Å². The van der Waals surface area contributed by atoms with Gasteiger partial charge in [-0.05, 0) is 43.7 Å². The molecule has 0 aliphatic rings. The second-order valence-corrected chi connectivity index (χ2v) is 6.94. The Balaban J connectivity index is 1.74. The number of rotatable bonds is 8. The highest BCUT2D eigenvalue weighted by molar-refractivity contribution is 7.99. The third-order valence-corrected chi connectivity index (χ3v) is 4.74. The van der Waals surface area contributed by atoms with Crippen molar-refractivity contribution in [2.75, 3.05) is 19.3 Å². The molecule has 124 valence electrons. The molecule has 4 nitrogen and oxygen atoms in total. The fourth-order valence-electron chi connectivity index (χ4n) is 2.29. The highest BCUT2D eigenvalue weighted by Gasteiger charge is 2.14. The van der Waals surface area contributed by atoms with Gasteiger partial charge in [0, 0.05) is 24.2 Å². The summed E-state index contributed by atoms with van der Waals surface area (Å²) in [6.07, 6.45) is 2.94. The minimum atomic E-state index is -0.0102. The van der Waals surface area contributed by atoms with Gasteiger partial charge >= 0.3 is 0 Å². The minimum absolute atomic E-state index is 0.0102. The van der Waals surface area contributed by atoms with Gasteiger partial charge in [-0.2, -0.15) is 5.10 Å². The molecule has 1 N–H and O–H groups in total. The van der Waals surface area contributed by atoms with Crippen LogP contribution in [0.4, 0.5) is 0 Å². The van der Waals surface area contributed by atoms with Gasteiger partial charge in [0.05, 0.1) is 0 Å². The SMILES string of the molecule is CCCc1cc(C(=O)N(C)CCCSc2ccc(C)cc2)n[nH]1. The van der Waals surface area contributed by atoms with Gasteiger partial charge in [0.15, 0.2) is 0 Å². The number of aromatic amines is 1. The first-order valence-corrected chi connectivity index (χ1v) is 9.08. The van der Waals surface area contributed by atoms with E-state index in [-0.39, 0.29) is 5.91 Å². The highest BCUT2D eigenvalue weighted by atomic mass is 32.2. The minimum Gasteiger partial charge on any atom is -0.340 e. The Morgan fingerprint density at radius 2 is 2.04 bits per heavy atom. The lowest BCUT2D eigenvalue weighted by Gasteiger charge is -2.15.